The van der Waals surface area contributed by atoms with E-state index in [1.165, 1.54) is 6.08 Å². The van der Waals surface area contributed by atoms with E-state index in [0.717, 1.165) is 10.0 Å². The van der Waals surface area contributed by atoms with Crippen LogP contribution in [-0.4, -0.2) is 5.97 Å². The Hall–Kier alpha value is -1.29. The fourth-order valence-electron chi connectivity index (χ4n) is 1.43. The summed E-state index contributed by atoms with van der Waals surface area (Å²) in [7, 11) is 0. The number of carbonyl (C=O) groups is 1. The number of carbonyl (C=O) groups excluding carboxylic acids is 1. The average Bonchev–Trinajstić information content (AvgIpc) is 2.43. The first-order valence-electron chi connectivity index (χ1n) is 5.65. The van der Waals surface area contributed by atoms with E-state index in [0.29, 0.717) is 15.8 Å². The summed E-state index contributed by atoms with van der Waals surface area (Å²) >= 11 is 15.0. The van der Waals surface area contributed by atoms with Gasteiger partial charge in [-0.25, -0.2) is 4.79 Å². The predicted molar refractivity (Wildman–Crippen MR) is 85.3 cm³/mol. The summed E-state index contributed by atoms with van der Waals surface area (Å²) in [6.45, 7) is 0. The predicted octanol–water partition coefficient (Wildman–Crippen LogP) is 5.37. The number of esters is 1. The third-order valence-corrected chi connectivity index (χ3v) is 3.66. The van der Waals surface area contributed by atoms with Gasteiger partial charge in [0, 0.05) is 10.5 Å². The summed E-state index contributed by atoms with van der Waals surface area (Å²) in [4.78, 5) is 11.6. The normalized spacial score (nSPS) is 10.8. The lowest BCUT2D eigenvalue weighted by Gasteiger charge is -2.01. The summed E-state index contributed by atoms with van der Waals surface area (Å²) in [5, 5.41) is 0.913. The fraction of sp³-hybridized carbons (Fsp3) is 0. The SMILES string of the molecule is O=C(/C=C/c1ccc(Cl)c(Cl)c1)Oc1ccc(Br)cc1. The minimum Gasteiger partial charge on any atom is -0.423 e. The molecule has 0 aliphatic carbocycles. The van der Waals surface area contributed by atoms with Crippen molar-refractivity contribution in [3.05, 3.63) is 68.6 Å². The average molecular weight is 372 g/mol. The first-order valence-corrected chi connectivity index (χ1v) is 7.20. The summed E-state index contributed by atoms with van der Waals surface area (Å²) in [5.41, 5.74) is 0.771. The van der Waals surface area contributed by atoms with E-state index in [4.69, 9.17) is 27.9 Å². The molecule has 0 saturated heterocycles. The van der Waals surface area contributed by atoms with Crippen molar-refractivity contribution >= 4 is 51.2 Å². The monoisotopic (exact) mass is 370 g/mol. The topological polar surface area (TPSA) is 26.3 Å². The van der Waals surface area contributed by atoms with Crippen molar-refractivity contribution in [1.82, 2.24) is 0 Å². The van der Waals surface area contributed by atoms with Gasteiger partial charge in [-0.15, -0.1) is 0 Å². The van der Waals surface area contributed by atoms with Crippen LogP contribution < -0.4 is 4.74 Å². The van der Waals surface area contributed by atoms with E-state index in [1.54, 1.807) is 48.5 Å². The van der Waals surface area contributed by atoms with Crippen molar-refractivity contribution in [3.8, 4) is 5.75 Å². The molecule has 0 spiro atoms. The first-order chi connectivity index (χ1) is 9.54. The van der Waals surface area contributed by atoms with Gasteiger partial charge < -0.3 is 4.74 Å². The minimum atomic E-state index is -0.460. The molecule has 2 aromatic rings. The molecule has 2 aromatic carbocycles. The van der Waals surface area contributed by atoms with Gasteiger partial charge in [-0.05, 0) is 48.0 Å². The van der Waals surface area contributed by atoms with Crippen molar-refractivity contribution in [2.75, 3.05) is 0 Å². The van der Waals surface area contributed by atoms with E-state index in [9.17, 15) is 4.79 Å². The Labute approximate surface area is 135 Å². The zero-order chi connectivity index (χ0) is 14.5. The van der Waals surface area contributed by atoms with Gasteiger partial charge in [0.05, 0.1) is 10.0 Å². The van der Waals surface area contributed by atoms with Crippen LogP contribution >= 0.6 is 39.1 Å². The number of halogens is 3. The number of benzene rings is 2. The molecule has 0 unspecified atom stereocenters. The third kappa shape index (κ3) is 4.37. The van der Waals surface area contributed by atoms with Crippen LogP contribution in [0.25, 0.3) is 6.08 Å². The number of hydrogen-bond donors (Lipinski definition) is 0. The number of rotatable bonds is 3. The Morgan fingerprint density at radius 3 is 2.40 bits per heavy atom. The molecule has 0 aliphatic rings. The molecular formula is C15H9BrCl2O2. The molecular weight excluding hydrogens is 363 g/mol. The van der Waals surface area contributed by atoms with Gasteiger partial charge in [0.25, 0.3) is 0 Å². The Kier molecular flexibility index (Phi) is 5.24. The van der Waals surface area contributed by atoms with Crippen LogP contribution in [0.4, 0.5) is 0 Å². The molecule has 0 aromatic heterocycles. The molecule has 20 heavy (non-hydrogen) atoms. The van der Waals surface area contributed by atoms with E-state index >= 15 is 0 Å². The highest BCUT2D eigenvalue weighted by Crippen LogP contribution is 2.23. The Balaban J connectivity index is 2.01. The highest BCUT2D eigenvalue weighted by molar-refractivity contribution is 9.10. The molecule has 0 heterocycles. The summed E-state index contributed by atoms with van der Waals surface area (Å²) in [6, 6.07) is 12.1. The van der Waals surface area contributed by atoms with E-state index < -0.39 is 5.97 Å². The minimum absolute atomic E-state index is 0.440. The first kappa shape index (κ1) is 15.1. The van der Waals surface area contributed by atoms with Crippen LogP contribution in [0.5, 0.6) is 5.75 Å². The van der Waals surface area contributed by atoms with Crippen LogP contribution in [0.2, 0.25) is 10.0 Å². The highest BCUT2D eigenvalue weighted by atomic mass is 79.9. The molecule has 0 aliphatic heterocycles. The van der Waals surface area contributed by atoms with Crippen molar-refractivity contribution in [2.24, 2.45) is 0 Å². The van der Waals surface area contributed by atoms with Gasteiger partial charge in [-0.2, -0.15) is 0 Å². The van der Waals surface area contributed by atoms with Crippen LogP contribution in [0, 0.1) is 0 Å². The van der Waals surface area contributed by atoms with Crippen LogP contribution in [0.15, 0.2) is 53.0 Å². The van der Waals surface area contributed by atoms with Crippen molar-refractivity contribution in [2.45, 2.75) is 0 Å². The lowest BCUT2D eigenvalue weighted by Crippen LogP contribution is -2.03. The second-order valence-electron chi connectivity index (χ2n) is 3.88. The maximum absolute atomic E-state index is 11.6. The van der Waals surface area contributed by atoms with E-state index in [-0.39, 0.29) is 0 Å². The lowest BCUT2D eigenvalue weighted by molar-refractivity contribution is -0.128. The van der Waals surface area contributed by atoms with Gasteiger partial charge in [0.1, 0.15) is 5.75 Å². The molecule has 0 bridgehead atoms. The van der Waals surface area contributed by atoms with Crippen LogP contribution in [0.1, 0.15) is 5.56 Å². The van der Waals surface area contributed by atoms with Gasteiger partial charge in [-0.1, -0.05) is 45.2 Å². The van der Waals surface area contributed by atoms with E-state index in [2.05, 4.69) is 15.9 Å². The Morgan fingerprint density at radius 1 is 1.05 bits per heavy atom. The molecule has 0 fully saturated rings. The molecule has 102 valence electrons. The molecule has 2 nitrogen and oxygen atoms in total. The van der Waals surface area contributed by atoms with Gasteiger partial charge in [-0.3, -0.25) is 0 Å². The van der Waals surface area contributed by atoms with Crippen molar-refractivity contribution in [1.29, 1.82) is 0 Å². The maximum atomic E-state index is 11.6. The standard InChI is InChI=1S/C15H9BrCl2O2/c16-11-3-5-12(6-4-11)20-15(19)8-2-10-1-7-13(17)14(18)9-10/h1-9H/b8-2+. The largest absolute Gasteiger partial charge is 0.423 e. The number of hydrogen-bond acceptors (Lipinski definition) is 2. The van der Waals surface area contributed by atoms with Crippen molar-refractivity contribution < 1.29 is 9.53 Å². The van der Waals surface area contributed by atoms with Gasteiger partial charge in [0.15, 0.2) is 0 Å². The van der Waals surface area contributed by atoms with Gasteiger partial charge >= 0.3 is 5.97 Å². The second-order valence-corrected chi connectivity index (χ2v) is 5.61. The second kappa shape index (κ2) is 6.93. The molecule has 0 radical (unpaired) electrons. The van der Waals surface area contributed by atoms with Gasteiger partial charge in [0.2, 0.25) is 0 Å². The third-order valence-electron chi connectivity index (χ3n) is 2.39. The highest BCUT2D eigenvalue weighted by Gasteiger charge is 2.01. The zero-order valence-electron chi connectivity index (χ0n) is 10.1. The summed E-state index contributed by atoms with van der Waals surface area (Å²) < 4.78 is 6.06. The summed E-state index contributed by atoms with van der Waals surface area (Å²) in [5.74, 6) is 0.0235. The molecule has 0 N–H and O–H groups in total. The Bertz CT molecular complexity index is 651. The van der Waals surface area contributed by atoms with E-state index in [1.807, 2.05) is 0 Å². The van der Waals surface area contributed by atoms with Crippen molar-refractivity contribution in [3.63, 3.8) is 0 Å². The van der Waals surface area contributed by atoms with Crippen LogP contribution in [-0.2, 0) is 4.79 Å². The smallest absolute Gasteiger partial charge is 0.336 e. The zero-order valence-corrected chi connectivity index (χ0v) is 13.2. The number of ether oxygens (including phenoxy) is 1. The lowest BCUT2D eigenvalue weighted by atomic mass is 10.2. The Morgan fingerprint density at radius 2 is 1.75 bits per heavy atom. The molecule has 0 atom stereocenters. The molecule has 2 rings (SSSR count). The maximum Gasteiger partial charge on any atom is 0.336 e. The van der Waals surface area contributed by atoms with Crippen LogP contribution in [0.3, 0.4) is 0 Å². The fourth-order valence-corrected chi connectivity index (χ4v) is 2.00. The molecule has 5 heteroatoms. The molecule has 0 saturated carbocycles. The quantitative estimate of drug-likeness (QED) is 0.411. The summed E-state index contributed by atoms with van der Waals surface area (Å²) in [6.07, 6.45) is 2.95. The molecule has 0 amide bonds.